The maximum Gasteiger partial charge on any atom is 0.196 e. The van der Waals surface area contributed by atoms with E-state index in [4.69, 9.17) is 0 Å². The van der Waals surface area contributed by atoms with Crippen molar-refractivity contribution >= 4 is 22.9 Å². The van der Waals surface area contributed by atoms with Crippen LogP contribution in [0, 0.1) is 9.81 Å². The first-order valence-corrected chi connectivity index (χ1v) is 7.70. The molecule has 0 spiro atoms. The first-order chi connectivity index (χ1) is 12.7. The smallest absolute Gasteiger partial charge is 0.196 e. The Hall–Kier alpha value is -3.80. The fourth-order valence-corrected chi connectivity index (χ4v) is 2.66. The van der Waals surface area contributed by atoms with Gasteiger partial charge in [0, 0.05) is 11.1 Å². The van der Waals surface area contributed by atoms with Crippen molar-refractivity contribution in [1.29, 1.82) is 0 Å². The fourth-order valence-electron chi connectivity index (χ4n) is 2.66. The molecule has 0 radical (unpaired) electrons. The van der Waals surface area contributed by atoms with Crippen LogP contribution in [-0.2, 0) is 0 Å². The topological polar surface area (TPSA) is 93.0 Å². The summed E-state index contributed by atoms with van der Waals surface area (Å²) in [5.41, 5.74) is -0.351. The molecular formula is C20H12N2O4. The van der Waals surface area contributed by atoms with Crippen molar-refractivity contribution < 1.29 is 9.59 Å². The summed E-state index contributed by atoms with van der Waals surface area (Å²) >= 11 is 0. The molecular weight excluding hydrogens is 332 g/mol. The molecule has 0 heterocycles. The van der Waals surface area contributed by atoms with Gasteiger partial charge in [-0.2, -0.15) is 0 Å². The number of benzene rings is 3. The SMILES string of the molecule is O=Nc1ccc(N=O)c(C(=O)c2ccccc2)c1C(=O)c1ccccc1. The lowest BCUT2D eigenvalue weighted by Crippen LogP contribution is -2.12. The normalized spacial score (nSPS) is 10.2. The second kappa shape index (κ2) is 7.40. The second-order valence-electron chi connectivity index (χ2n) is 5.43. The number of hydrogen-bond donors (Lipinski definition) is 0. The Bertz CT molecular complexity index is 917. The standard InChI is InChI=1S/C20H12N2O4/c23-19(13-7-3-1-4-8-13)17-15(21-25)11-12-16(22-26)18(17)20(24)14-9-5-2-6-10-14/h1-12H. The van der Waals surface area contributed by atoms with Gasteiger partial charge in [-0.05, 0) is 22.5 Å². The van der Waals surface area contributed by atoms with Gasteiger partial charge in [-0.15, -0.1) is 9.81 Å². The molecule has 0 bridgehead atoms. The molecule has 0 aliphatic heterocycles. The monoisotopic (exact) mass is 344 g/mol. The number of carbonyl (C=O) groups is 2. The first-order valence-electron chi connectivity index (χ1n) is 7.70. The number of nitrogens with zero attached hydrogens (tertiary/aromatic N) is 2. The van der Waals surface area contributed by atoms with Crippen LogP contribution in [0.3, 0.4) is 0 Å². The van der Waals surface area contributed by atoms with Gasteiger partial charge in [0.15, 0.2) is 11.6 Å². The van der Waals surface area contributed by atoms with Gasteiger partial charge >= 0.3 is 0 Å². The third kappa shape index (κ3) is 3.08. The highest BCUT2D eigenvalue weighted by atomic mass is 16.3. The highest BCUT2D eigenvalue weighted by Gasteiger charge is 2.27. The molecule has 0 atom stereocenters. The van der Waals surface area contributed by atoms with Crippen LogP contribution in [0.2, 0.25) is 0 Å². The Balaban J connectivity index is 2.28. The summed E-state index contributed by atoms with van der Waals surface area (Å²) in [5.74, 6) is -1.16. The van der Waals surface area contributed by atoms with Crippen LogP contribution in [0.1, 0.15) is 31.8 Å². The predicted molar refractivity (Wildman–Crippen MR) is 97.1 cm³/mol. The average Bonchev–Trinajstić information content (AvgIpc) is 2.72. The molecule has 0 saturated carbocycles. The van der Waals surface area contributed by atoms with Crippen molar-refractivity contribution in [2.24, 2.45) is 10.4 Å². The molecule has 0 aliphatic rings. The van der Waals surface area contributed by atoms with Gasteiger partial charge in [0.05, 0.1) is 11.1 Å². The maximum absolute atomic E-state index is 13.0. The van der Waals surface area contributed by atoms with Crippen LogP contribution in [-0.4, -0.2) is 11.6 Å². The van der Waals surface area contributed by atoms with Crippen molar-refractivity contribution in [2.75, 3.05) is 0 Å². The van der Waals surface area contributed by atoms with Gasteiger partial charge in [0.25, 0.3) is 0 Å². The summed E-state index contributed by atoms with van der Waals surface area (Å²) in [7, 11) is 0. The number of ketones is 2. The minimum absolute atomic E-state index is 0.217. The van der Waals surface area contributed by atoms with Crippen LogP contribution in [0.4, 0.5) is 11.4 Å². The van der Waals surface area contributed by atoms with E-state index in [1.165, 1.54) is 12.1 Å². The van der Waals surface area contributed by atoms with Gasteiger partial charge in [-0.1, -0.05) is 60.7 Å². The maximum atomic E-state index is 13.0. The average molecular weight is 344 g/mol. The van der Waals surface area contributed by atoms with Gasteiger partial charge in [0.2, 0.25) is 0 Å². The molecule has 0 aromatic heterocycles. The summed E-state index contributed by atoms with van der Waals surface area (Å²) in [4.78, 5) is 48.4. The summed E-state index contributed by atoms with van der Waals surface area (Å²) in [6.45, 7) is 0. The van der Waals surface area contributed by atoms with Crippen molar-refractivity contribution in [3.63, 3.8) is 0 Å². The molecule has 6 nitrogen and oxygen atoms in total. The fraction of sp³-hybridized carbons (Fsp3) is 0. The zero-order valence-electron chi connectivity index (χ0n) is 13.5. The third-order valence-electron chi connectivity index (χ3n) is 3.88. The van der Waals surface area contributed by atoms with E-state index >= 15 is 0 Å². The van der Waals surface area contributed by atoms with E-state index < -0.39 is 11.6 Å². The molecule has 0 amide bonds. The molecule has 3 aromatic rings. The van der Waals surface area contributed by atoms with Crippen molar-refractivity contribution in [2.45, 2.75) is 0 Å². The largest absolute Gasteiger partial charge is 0.288 e. The van der Waals surface area contributed by atoms with E-state index in [1.54, 1.807) is 60.7 Å². The predicted octanol–water partition coefficient (Wildman–Crippen LogP) is 4.94. The minimum Gasteiger partial charge on any atom is -0.288 e. The number of hydrogen-bond acceptors (Lipinski definition) is 6. The second-order valence-corrected chi connectivity index (χ2v) is 5.43. The van der Waals surface area contributed by atoms with Crippen molar-refractivity contribution in [3.05, 3.63) is 105 Å². The number of nitroso groups, excluding NO2 is 2. The van der Waals surface area contributed by atoms with Crippen LogP contribution in [0.15, 0.2) is 83.2 Å². The van der Waals surface area contributed by atoms with Gasteiger partial charge in [-0.25, -0.2) is 0 Å². The number of carbonyl (C=O) groups excluding carboxylic acids is 2. The molecule has 3 rings (SSSR count). The number of rotatable bonds is 6. The van der Waals surface area contributed by atoms with E-state index in [2.05, 4.69) is 10.4 Å². The van der Waals surface area contributed by atoms with Gasteiger partial charge in [0.1, 0.15) is 11.4 Å². The summed E-state index contributed by atoms with van der Waals surface area (Å²) < 4.78 is 0. The molecule has 26 heavy (non-hydrogen) atoms. The van der Waals surface area contributed by atoms with Crippen LogP contribution in [0.5, 0.6) is 0 Å². The van der Waals surface area contributed by atoms with Crippen molar-refractivity contribution in [1.82, 2.24) is 0 Å². The minimum atomic E-state index is -0.579. The summed E-state index contributed by atoms with van der Waals surface area (Å²) in [5, 5.41) is 5.72. The van der Waals surface area contributed by atoms with Crippen LogP contribution >= 0.6 is 0 Å². The van der Waals surface area contributed by atoms with Gasteiger partial charge < -0.3 is 0 Å². The van der Waals surface area contributed by atoms with E-state index in [0.717, 1.165) is 0 Å². The van der Waals surface area contributed by atoms with Gasteiger partial charge in [-0.3, -0.25) is 9.59 Å². The molecule has 3 aromatic carbocycles. The molecule has 126 valence electrons. The highest BCUT2D eigenvalue weighted by Crippen LogP contribution is 2.34. The van der Waals surface area contributed by atoms with E-state index in [0.29, 0.717) is 0 Å². The van der Waals surface area contributed by atoms with Crippen LogP contribution < -0.4 is 0 Å². The van der Waals surface area contributed by atoms with E-state index in [1.807, 2.05) is 0 Å². The molecule has 0 unspecified atom stereocenters. The lowest BCUT2D eigenvalue weighted by molar-refractivity contribution is 0.100. The molecule has 0 aliphatic carbocycles. The Labute approximate surface area is 148 Å². The lowest BCUT2D eigenvalue weighted by atomic mass is 9.90. The zero-order valence-corrected chi connectivity index (χ0v) is 13.5. The molecule has 0 saturated heterocycles. The Kier molecular flexibility index (Phi) is 4.85. The lowest BCUT2D eigenvalue weighted by Gasteiger charge is -2.11. The molecule has 0 N–H and O–H groups in total. The Morgan fingerprint density at radius 1 is 0.538 bits per heavy atom. The quantitative estimate of drug-likeness (QED) is 0.467. The Morgan fingerprint density at radius 3 is 1.19 bits per heavy atom. The highest BCUT2D eigenvalue weighted by molar-refractivity contribution is 6.23. The molecule has 0 fully saturated rings. The Morgan fingerprint density at radius 2 is 0.885 bits per heavy atom. The first kappa shape index (κ1) is 17.0. The van der Waals surface area contributed by atoms with Crippen LogP contribution in [0.25, 0.3) is 0 Å². The third-order valence-corrected chi connectivity index (χ3v) is 3.88. The molecule has 6 heteroatoms. The van der Waals surface area contributed by atoms with E-state index in [-0.39, 0.29) is 33.6 Å². The summed E-state index contributed by atoms with van der Waals surface area (Å²) in [6.07, 6.45) is 0. The van der Waals surface area contributed by atoms with E-state index in [9.17, 15) is 19.4 Å². The van der Waals surface area contributed by atoms with Crippen molar-refractivity contribution in [3.8, 4) is 0 Å². The zero-order chi connectivity index (χ0) is 18.5. The summed E-state index contributed by atoms with van der Waals surface area (Å²) in [6, 6.07) is 18.7.